The zero-order valence-corrected chi connectivity index (χ0v) is 17.1. The van der Waals surface area contributed by atoms with Gasteiger partial charge in [0.2, 0.25) is 0 Å². The van der Waals surface area contributed by atoms with Crippen LogP contribution in [0.25, 0.3) is 0 Å². The molecule has 4 aromatic rings. The van der Waals surface area contributed by atoms with Gasteiger partial charge in [0.25, 0.3) is 11.5 Å². The third kappa shape index (κ3) is 5.34. The lowest BCUT2D eigenvalue weighted by Gasteiger charge is -2.23. The number of hydrogen-bond acceptors (Lipinski definition) is 3. The molecule has 0 N–H and O–H groups in total. The highest BCUT2D eigenvalue weighted by atomic mass is 16.2. The first-order valence-corrected chi connectivity index (χ1v) is 10.2. The second-order valence-corrected chi connectivity index (χ2v) is 7.33. The van der Waals surface area contributed by atoms with Gasteiger partial charge in [-0.2, -0.15) is 5.10 Å². The van der Waals surface area contributed by atoms with Crippen molar-refractivity contribution < 1.29 is 4.79 Å². The van der Waals surface area contributed by atoms with Crippen LogP contribution in [-0.2, 0) is 19.6 Å². The second kappa shape index (κ2) is 9.67. The SMILES string of the molecule is O=C(c1ccc(=O)n(Cc2ccccc2)n1)N(Cc1ccccc1)Cc1ccccc1. The summed E-state index contributed by atoms with van der Waals surface area (Å²) in [5, 5.41) is 4.38. The van der Waals surface area contributed by atoms with Gasteiger partial charge in [0, 0.05) is 19.2 Å². The number of nitrogens with zero attached hydrogens (tertiary/aromatic N) is 3. The molecule has 0 aliphatic rings. The van der Waals surface area contributed by atoms with Crippen molar-refractivity contribution in [2.24, 2.45) is 0 Å². The summed E-state index contributed by atoms with van der Waals surface area (Å²) in [6, 6.07) is 32.2. The maximum absolute atomic E-state index is 13.4. The number of rotatable bonds is 7. The van der Waals surface area contributed by atoms with Gasteiger partial charge in [-0.1, -0.05) is 91.0 Å². The van der Waals surface area contributed by atoms with Crippen LogP contribution in [0.3, 0.4) is 0 Å². The Hall–Kier alpha value is -3.99. The standard InChI is InChI=1S/C26H23N3O2/c30-25-17-16-24(27-29(25)20-23-14-8-3-9-15-23)26(31)28(18-21-10-4-1-5-11-21)19-22-12-6-2-7-13-22/h1-17H,18-20H2. The molecule has 0 spiro atoms. The Balaban J connectivity index is 1.62. The number of benzene rings is 3. The van der Waals surface area contributed by atoms with Crippen LogP contribution in [0.5, 0.6) is 0 Å². The molecule has 0 saturated heterocycles. The number of carbonyl (C=O) groups excluding carboxylic acids is 1. The van der Waals surface area contributed by atoms with Crippen LogP contribution >= 0.6 is 0 Å². The van der Waals surface area contributed by atoms with Crippen molar-refractivity contribution in [2.45, 2.75) is 19.6 Å². The van der Waals surface area contributed by atoms with Gasteiger partial charge in [0.05, 0.1) is 6.54 Å². The third-order valence-electron chi connectivity index (χ3n) is 4.98. The van der Waals surface area contributed by atoms with Crippen molar-refractivity contribution >= 4 is 5.91 Å². The van der Waals surface area contributed by atoms with Crippen molar-refractivity contribution in [1.82, 2.24) is 14.7 Å². The fraction of sp³-hybridized carbons (Fsp3) is 0.115. The largest absolute Gasteiger partial charge is 0.329 e. The summed E-state index contributed by atoms with van der Waals surface area (Å²) in [7, 11) is 0. The van der Waals surface area contributed by atoms with Crippen molar-refractivity contribution in [2.75, 3.05) is 0 Å². The third-order valence-corrected chi connectivity index (χ3v) is 4.98. The average molecular weight is 409 g/mol. The molecule has 4 rings (SSSR count). The number of aromatic nitrogens is 2. The summed E-state index contributed by atoms with van der Waals surface area (Å²) in [4.78, 5) is 27.5. The predicted molar refractivity (Wildman–Crippen MR) is 121 cm³/mol. The summed E-state index contributed by atoms with van der Waals surface area (Å²) in [6.07, 6.45) is 0. The van der Waals surface area contributed by atoms with Crippen LogP contribution in [0.15, 0.2) is 108 Å². The molecule has 0 atom stereocenters. The molecule has 5 heteroatoms. The molecule has 1 aromatic heterocycles. The van der Waals surface area contributed by atoms with Crippen molar-refractivity contribution in [3.8, 4) is 0 Å². The van der Waals surface area contributed by atoms with E-state index < -0.39 is 0 Å². The number of hydrogen-bond donors (Lipinski definition) is 0. The number of amides is 1. The predicted octanol–water partition coefficient (Wildman–Crippen LogP) is 4.13. The van der Waals surface area contributed by atoms with Crippen molar-refractivity contribution in [1.29, 1.82) is 0 Å². The smallest absolute Gasteiger partial charge is 0.274 e. The first kappa shape index (κ1) is 20.3. The minimum atomic E-state index is -0.238. The Bertz CT molecular complexity index is 1150. The lowest BCUT2D eigenvalue weighted by molar-refractivity contribution is 0.0721. The molecule has 31 heavy (non-hydrogen) atoms. The second-order valence-electron chi connectivity index (χ2n) is 7.33. The molecule has 5 nitrogen and oxygen atoms in total. The topological polar surface area (TPSA) is 55.2 Å². The highest BCUT2D eigenvalue weighted by Crippen LogP contribution is 2.13. The van der Waals surface area contributed by atoms with Crippen LogP contribution in [0.1, 0.15) is 27.2 Å². The molecule has 0 aliphatic heterocycles. The van der Waals surface area contributed by atoms with Gasteiger partial charge in [-0.15, -0.1) is 0 Å². The molecule has 154 valence electrons. The van der Waals surface area contributed by atoms with Crippen molar-refractivity contribution in [3.05, 3.63) is 136 Å². The minimum Gasteiger partial charge on any atom is -0.329 e. The van der Waals surface area contributed by atoms with Gasteiger partial charge < -0.3 is 4.90 Å². The summed E-state index contributed by atoms with van der Waals surface area (Å²) in [5.41, 5.74) is 3.03. The summed E-state index contributed by atoms with van der Waals surface area (Å²) < 4.78 is 1.34. The van der Waals surface area contributed by atoms with E-state index in [-0.39, 0.29) is 17.2 Å². The van der Waals surface area contributed by atoms with E-state index in [1.165, 1.54) is 16.8 Å². The fourth-order valence-corrected chi connectivity index (χ4v) is 3.40. The van der Waals surface area contributed by atoms with Gasteiger partial charge >= 0.3 is 0 Å². The van der Waals surface area contributed by atoms with Crippen LogP contribution in [-0.4, -0.2) is 20.6 Å². The quantitative estimate of drug-likeness (QED) is 0.461. The monoisotopic (exact) mass is 409 g/mol. The Kier molecular flexibility index (Phi) is 6.33. The van der Waals surface area contributed by atoms with Gasteiger partial charge in [-0.05, 0) is 22.8 Å². The molecule has 0 fully saturated rings. The zero-order chi connectivity index (χ0) is 21.5. The van der Waals surface area contributed by atoms with Crippen LogP contribution in [0.4, 0.5) is 0 Å². The van der Waals surface area contributed by atoms with E-state index >= 15 is 0 Å². The first-order chi connectivity index (χ1) is 15.2. The highest BCUT2D eigenvalue weighted by Gasteiger charge is 2.19. The lowest BCUT2D eigenvalue weighted by Crippen LogP contribution is -2.33. The van der Waals surface area contributed by atoms with Crippen LogP contribution in [0, 0.1) is 0 Å². The summed E-state index contributed by atoms with van der Waals surface area (Å²) >= 11 is 0. The normalized spacial score (nSPS) is 10.6. The van der Waals surface area contributed by atoms with E-state index in [2.05, 4.69) is 5.10 Å². The Labute approximate surface area is 181 Å². The molecule has 0 saturated carbocycles. The summed E-state index contributed by atoms with van der Waals surface area (Å²) in [5.74, 6) is -0.213. The van der Waals surface area contributed by atoms with Gasteiger partial charge in [0.1, 0.15) is 5.69 Å². The molecule has 3 aromatic carbocycles. The van der Waals surface area contributed by atoms with Crippen LogP contribution < -0.4 is 5.56 Å². The molecule has 0 aliphatic carbocycles. The molecule has 0 bridgehead atoms. The highest BCUT2D eigenvalue weighted by molar-refractivity contribution is 5.92. The van der Waals surface area contributed by atoms with E-state index in [1.807, 2.05) is 91.0 Å². The molecule has 1 amide bonds. The van der Waals surface area contributed by atoms with Crippen molar-refractivity contribution in [3.63, 3.8) is 0 Å². The molecular formula is C26H23N3O2. The van der Waals surface area contributed by atoms with E-state index in [0.29, 0.717) is 19.6 Å². The summed E-state index contributed by atoms with van der Waals surface area (Å²) in [6.45, 7) is 1.22. The minimum absolute atomic E-state index is 0.213. The maximum atomic E-state index is 13.4. The lowest BCUT2D eigenvalue weighted by atomic mass is 10.1. The maximum Gasteiger partial charge on any atom is 0.274 e. The van der Waals surface area contributed by atoms with Gasteiger partial charge in [0.15, 0.2) is 0 Å². The average Bonchev–Trinajstić information content (AvgIpc) is 2.82. The zero-order valence-electron chi connectivity index (χ0n) is 17.1. The van der Waals surface area contributed by atoms with E-state index in [1.54, 1.807) is 4.90 Å². The van der Waals surface area contributed by atoms with E-state index in [4.69, 9.17) is 0 Å². The Morgan fingerprint density at radius 2 is 1.16 bits per heavy atom. The fourth-order valence-electron chi connectivity index (χ4n) is 3.40. The molecule has 0 radical (unpaired) electrons. The molecule has 1 heterocycles. The molecule has 0 unspecified atom stereocenters. The first-order valence-electron chi connectivity index (χ1n) is 10.2. The molecular weight excluding hydrogens is 386 g/mol. The van der Waals surface area contributed by atoms with Gasteiger partial charge in [-0.25, -0.2) is 4.68 Å². The van der Waals surface area contributed by atoms with E-state index in [0.717, 1.165) is 16.7 Å². The number of carbonyl (C=O) groups is 1. The Morgan fingerprint density at radius 3 is 1.68 bits per heavy atom. The van der Waals surface area contributed by atoms with Crippen LogP contribution in [0.2, 0.25) is 0 Å². The van der Waals surface area contributed by atoms with E-state index in [9.17, 15) is 9.59 Å². The van der Waals surface area contributed by atoms with Gasteiger partial charge in [-0.3, -0.25) is 9.59 Å². The Morgan fingerprint density at radius 1 is 0.677 bits per heavy atom.